The van der Waals surface area contributed by atoms with Crippen LogP contribution >= 0.6 is 11.3 Å². The Kier molecular flexibility index (Phi) is 5.38. The number of rotatable bonds is 6. The Bertz CT molecular complexity index is 915. The lowest BCUT2D eigenvalue weighted by molar-refractivity contribution is 0.0855. The second-order valence-electron chi connectivity index (χ2n) is 7.03. The first-order valence-electron chi connectivity index (χ1n) is 9.38. The summed E-state index contributed by atoms with van der Waals surface area (Å²) in [6, 6.07) is 7.13. The monoisotopic (exact) mass is 398 g/mol. The molecule has 1 N–H and O–H groups in total. The number of aryl methyl sites for hydroxylation is 1. The first-order valence-corrected chi connectivity index (χ1v) is 10.3. The van der Waals surface area contributed by atoms with Crippen LogP contribution in [0.1, 0.15) is 59.9 Å². The minimum atomic E-state index is -0.563. The molecule has 1 aliphatic rings. The SMILES string of the molecule is Cc1nc(C2(NC(=O)c3ccc(OCc4cscn4)cc3)CCCCC2)no1. The second kappa shape index (κ2) is 8.10. The third-order valence-electron chi connectivity index (χ3n) is 5.00. The van der Waals surface area contributed by atoms with Gasteiger partial charge in [-0.3, -0.25) is 4.79 Å². The fraction of sp³-hybridized carbons (Fsp3) is 0.400. The van der Waals surface area contributed by atoms with E-state index in [4.69, 9.17) is 9.26 Å². The molecule has 7 nitrogen and oxygen atoms in total. The van der Waals surface area contributed by atoms with Crippen molar-refractivity contribution < 1.29 is 14.1 Å². The van der Waals surface area contributed by atoms with Crippen molar-refractivity contribution in [2.24, 2.45) is 0 Å². The normalized spacial score (nSPS) is 15.9. The molecular weight excluding hydrogens is 376 g/mol. The van der Waals surface area contributed by atoms with Gasteiger partial charge in [-0.25, -0.2) is 4.98 Å². The van der Waals surface area contributed by atoms with Crippen molar-refractivity contribution in [1.29, 1.82) is 0 Å². The van der Waals surface area contributed by atoms with Crippen LogP contribution in [0.15, 0.2) is 39.7 Å². The van der Waals surface area contributed by atoms with Crippen LogP contribution < -0.4 is 10.1 Å². The summed E-state index contributed by atoms with van der Waals surface area (Å²) in [5.74, 6) is 1.64. The largest absolute Gasteiger partial charge is 0.487 e. The highest BCUT2D eigenvalue weighted by Crippen LogP contribution is 2.36. The Morgan fingerprint density at radius 2 is 2.04 bits per heavy atom. The van der Waals surface area contributed by atoms with Gasteiger partial charge in [0.25, 0.3) is 5.91 Å². The zero-order valence-electron chi connectivity index (χ0n) is 15.7. The van der Waals surface area contributed by atoms with Crippen molar-refractivity contribution in [3.8, 4) is 5.75 Å². The second-order valence-corrected chi connectivity index (χ2v) is 7.75. The first-order chi connectivity index (χ1) is 13.6. The number of nitrogens with one attached hydrogen (secondary N) is 1. The van der Waals surface area contributed by atoms with Crippen LogP contribution in [0.5, 0.6) is 5.75 Å². The molecule has 28 heavy (non-hydrogen) atoms. The number of aromatic nitrogens is 3. The van der Waals surface area contributed by atoms with Gasteiger partial charge in [-0.1, -0.05) is 24.4 Å². The number of carbonyl (C=O) groups excluding carboxylic acids is 1. The molecular formula is C20H22N4O3S. The molecule has 1 aliphatic carbocycles. The molecule has 1 saturated carbocycles. The van der Waals surface area contributed by atoms with E-state index in [0.717, 1.165) is 37.8 Å². The number of amides is 1. The van der Waals surface area contributed by atoms with E-state index in [-0.39, 0.29) is 5.91 Å². The highest BCUT2D eigenvalue weighted by molar-refractivity contribution is 7.07. The summed E-state index contributed by atoms with van der Waals surface area (Å²) in [5.41, 5.74) is 2.68. The number of carbonyl (C=O) groups is 1. The quantitative estimate of drug-likeness (QED) is 0.675. The molecule has 0 unspecified atom stereocenters. The Labute approximate surface area is 167 Å². The highest BCUT2D eigenvalue weighted by atomic mass is 32.1. The Morgan fingerprint density at radius 3 is 2.68 bits per heavy atom. The maximum Gasteiger partial charge on any atom is 0.252 e. The summed E-state index contributed by atoms with van der Waals surface area (Å²) in [5, 5.41) is 9.22. The minimum absolute atomic E-state index is 0.143. The van der Waals surface area contributed by atoms with Gasteiger partial charge in [0, 0.05) is 17.9 Å². The van der Waals surface area contributed by atoms with E-state index in [1.807, 2.05) is 5.38 Å². The molecule has 8 heteroatoms. The Morgan fingerprint density at radius 1 is 1.25 bits per heavy atom. The van der Waals surface area contributed by atoms with Crippen LogP contribution in [0.4, 0.5) is 0 Å². The van der Waals surface area contributed by atoms with Gasteiger partial charge < -0.3 is 14.6 Å². The summed E-state index contributed by atoms with van der Waals surface area (Å²) < 4.78 is 10.9. The fourth-order valence-electron chi connectivity index (χ4n) is 3.51. The van der Waals surface area contributed by atoms with Crippen LogP contribution in [0, 0.1) is 6.92 Å². The van der Waals surface area contributed by atoms with Crippen LogP contribution in [-0.2, 0) is 12.1 Å². The van der Waals surface area contributed by atoms with E-state index in [1.165, 1.54) is 11.3 Å². The summed E-state index contributed by atoms with van der Waals surface area (Å²) in [6.07, 6.45) is 4.83. The Hall–Kier alpha value is -2.74. The van der Waals surface area contributed by atoms with E-state index in [1.54, 1.807) is 36.7 Å². The summed E-state index contributed by atoms with van der Waals surface area (Å²) in [4.78, 5) is 21.5. The van der Waals surface area contributed by atoms with Crippen molar-refractivity contribution in [2.75, 3.05) is 0 Å². The number of hydrogen-bond donors (Lipinski definition) is 1. The first kappa shape index (κ1) is 18.6. The zero-order valence-corrected chi connectivity index (χ0v) is 16.5. The molecule has 4 rings (SSSR count). The van der Waals surface area contributed by atoms with Crippen molar-refractivity contribution in [3.63, 3.8) is 0 Å². The van der Waals surface area contributed by atoms with Gasteiger partial charge in [0.2, 0.25) is 5.89 Å². The average Bonchev–Trinajstić information content (AvgIpc) is 3.39. The van der Waals surface area contributed by atoms with Gasteiger partial charge in [-0.15, -0.1) is 11.3 Å². The van der Waals surface area contributed by atoms with E-state index in [0.29, 0.717) is 29.6 Å². The molecule has 3 aromatic rings. The molecule has 2 aromatic heterocycles. The lowest BCUT2D eigenvalue weighted by atomic mass is 9.80. The molecule has 2 heterocycles. The predicted molar refractivity (Wildman–Crippen MR) is 104 cm³/mol. The molecule has 0 radical (unpaired) electrons. The molecule has 0 aliphatic heterocycles. The van der Waals surface area contributed by atoms with Crippen LogP contribution in [0.3, 0.4) is 0 Å². The highest BCUT2D eigenvalue weighted by Gasteiger charge is 2.39. The van der Waals surface area contributed by atoms with E-state index in [2.05, 4.69) is 20.4 Å². The molecule has 0 bridgehead atoms. The average molecular weight is 398 g/mol. The van der Waals surface area contributed by atoms with Gasteiger partial charge in [0.05, 0.1) is 11.2 Å². The topological polar surface area (TPSA) is 90.1 Å². The van der Waals surface area contributed by atoms with Gasteiger partial charge in [-0.05, 0) is 37.1 Å². The molecule has 146 valence electrons. The zero-order chi connectivity index (χ0) is 19.4. The lowest BCUT2D eigenvalue weighted by Gasteiger charge is -2.35. The van der Waals surface area contributed by atoms with Gasteiger partial charge in [-0.2, -0.15) is 4.98 Å². The minimum Gasteiger partial charge on any atom is -0.487 e. The maximum atomic E-state index is 12.9. The number of benzene rings is 1. The van der Waals surface area contributed by atoms with Crippen molar-refractivity contribution in [1.82, 2.24) is 20.4 Å². The smallest absolute Gasteiger partial charge is 0.252 e. The van der Waals surface area contributed by atoms with Gasteiger partial charge in [0.15, 0.2) is 5.82 Å². The van der Waals surface area contributed by atoms with Crippen molar-refractivity contribution >= 4 is 17.2 Å². The van der Waals surface area contributed by atoms with Crippen molar-refractivity contribution in [3.05, 3.63) is 58.1 Å². The van der Waals surface area contributed by atoms with Gasteiger partial charge >= 0.3 is 0 Å². The molecule has 0 saturated heterocycles. The number of nitrogens with zero attached hydrogens (tertiary/aromatic N) is 3. The standard InChI is InChI=1S/C20H22N4O3S/c1-14-22-19(24-27-14)20(9-3-2-4-10-20)23-18(25)15-5-7-17(8-6-15)26-11-16-12-28-13-21-16/h5-8,12-13H,2-4,9-11H2,1H3,(H,23,25). The maximum absolute atomic E-state index is 12.9. The number of ether oxygens (including phenoxy) is 1. The molecule has 0 atom stereocenters. The summed E-state index contributed by atoms with van der Waals surface area (Å²) in [7, 11) is 0. The van der Waals surface area contributed by atoms with Gasteiger partial charge in [0.1, 0.15) is 17.9 Å². The number of hydrogen-bond acceptors (Lipinski definition) is 7. The summed E-state index contributed by atoms with van der Waals surface area (Å²) >= 11 is 1.54. The van der Waals surface area contributed by atoms with Crippen molar-refractivity contribution in [2.45, 2.75) is 51.2 Å². The summed E-state index contributed by atoms with van der Waals surface area (Å²) in [6.45, 7) is 2.18. The predicted octanol–water partition coefficient (Wildman–Crippen LogP) is 4.00. The molecule has 0 spiro atoms. The van der Waals surface area contributed by atoms with E-state index >= 15 is 0 Å². The molecule has 1 amide bonds. The number of thiazole rings is 1. The third-order valence-corrected chi connectivity index (χ3v) is 5.64. The third kappa shape index (κ3) is 4.06. The lowest BCUT2D eigenvalue weighted by Crippen LogP contribution is -2.48. The Balaban J connectivity index is 1.45. The fourth-order valence-corrected chi connectivity index (χ4v) is 4.05. The van der Waals surface area contributed by atoms with Crippen LogP contribution in [0.25, 0.3) is 0 Å². The van der Waals surface area contributed by atoms with E-state index < -0.39 is 5.54 Å². The molecule has 1 aromatic carbocycles. The van der Waals surface area contributed by atoms with E-state index in [9.17, 15) is 4.79 Å². The molecule has 1 fully saturated rings. The van der Waals surface area contributed by atoms with Crippen LogP contribution in [0.2, 0.25) is 0 Å². The van der Waals surface area contributed by atoms with Crippen LogP contribution in [-0.4, -0.2) is 21.0 Å².